The van der Waals surface area contributed by atoms with Crippen LogP contribution in [0.2, 0.25) is 5.02 Å². The Hall–Kier alpha value is -1.50. The molecule has 5 nitrogen and oxygen atoms in total. The molecule has 0 fully saturated rings. The summed E-state index contributed by atoms with van der Waals surface area (Å²) in [5, 5.41) is 13.1. The summed E-state index contributed by atoms with van der Waals surface area (Å²) in [6.07, 6.45) is -0.668. The van der Waals surface area contributed by atoms with Crippen LogP contribution in [0.25, 0.3) is 0 Å². The smallest absolute Gasteiger partial charge is 0.246 e. The number of nitrogens with zero attached hydrogens (tertiary/aromatic N) is 2. The summed E-state index contributed by atoms with van der Waals surface area (Å²) in [4.78, 5) is 4.02. The average molecular weight is 286 g/mol. The van der Waals surface area contributed by atoms with E-state index in [-0.39, 0.29) is 23.2 Å². The van der Waals surface area contributed by atoms with Crippen LogP contribution in [0.3, 0.4) is 0 Å². The predicted molar refractivity (Wildman–Crippen MR) is 67.1 cm³/mol. The van der Waals surface area contributed by atoms with Crippen LogP contribution in [0.5, 0.6) is 0 Å². The highest BCUT2D eigenvalue weighted by Gasteiger charge is 2.20. The molecule has 0 aliphatic carbocycles. The van der Waals surface area contributed by atoms with E-state index < -0.39 is 18.0 Å². The van der Waals surface area contributed by atoms with Crippen LogP contribution in [0.1, 0.15) is 30.2 Å². The van der Waals surface area contributed by atoms with Crippen molar-refractivity contribution in [3.63, 3.8) is 0 Å². The van der Waals surface area contributed by atoms with Gasteiger partial charge in [0, 0.05) is 6.42 Å². The highest BCUT2D eigenvalue weighted by molar-refractivity contribution is 6.30. The molecule has 19 heavy (non-hydrogen) atoms. The second-order valence-corrected chi connectivity index (χ2v) is 4.61. The topological polar surface area (TPSA) is 85.2 Å². The summed E-state index contributed by atoms with van der Waals surface area (Å²) in [7, 11) is 0. The molecule has 1 heterocycles. The number of halogens is 2. The maximum atomic E-state index is 13.7. The molecule has 102 valence electrons. The first-order valence-electron chi connectivity index (χ1n) is 5.68. The van der Waals surface area contributed by atoms with E-state index in [0.29, 0.717) is 5.56 Å². The fourth-order valence-corrected chi connectivity index (χ4v) is 1.73. The molecule has 3 N–H and O–H groups in total. The average Bonchev–Trinajstić information content (AvgIpc) is 2.82. The SMILES string of the molecule is CC(O)C(N)c1nc(Cc2cccc(Cl)c2F)no1. The molecule has 0 aliphatic rings. The fourth-order valence-electron chi connectivity index (χ4n) is 1.54. The third-order valence-electron chi connectivity index (χ3n) is 2.67. The lowest BCUT2D eigenvalue weighted by Gasteiger charge is -2.08. The lowest BCUT2D eigenvalue weighted by molar-refractivity contribution is 0.146. The highest BCUT2D eigenvalue weighted by atomic mass is 35.5. The second kappa shape index (κ2) is 5.64. The molecule has 2 aromatic rings. The first-order valence-corrected chi connectivity index (χ1v) is 6.06. The van der Waals surface area contributed by atoms with Crippen LogP contribution in [0.15, 0.2) is 22.7 Å². The molecule has 7 heteroatoms. The van der Waals surface area contributed by atoms with Gasteiger partial charge in [0.05, 0.1) is 11.1 Å². The first-order chi connectivity index (χ1) is 8.99. The molecule has 0 saturated carbocycles. The van der Waals surface area contributed by atoms with Crippen LogP contribution in [-0.4, -0.2) is 21.4 Å². The summed E-state index contributed by atoms with van der Waals surface area (Å²) in [6, 6.07) is 3.94. The molecule has 0 aliphatic heterocycles. The zero-order valence-corrected chi connectivity index (χ0v) is 10.9. The number of aliphatic hydroxyl groups is 1. The van der Waals surface area contributed by atoms with Gasteiger partial charge in [0.1, 0.15) is 11.9 Å². The maximum absolute atomic E-state index is 13.7. The van der Waals surface area contributed by atoms with Crippen molar-refractivity contribution in [3.8, 4) is 0 Å². The number of hydrogen-bond acceptors (Lipinski definition) is 5. The summed E-state index contributed by atoms with van der Waals surface area (Å²) >= 11 is 5.68. The van der Waals surface area contributed by atoms with Crippen LogP contribution in [0, 0.1) is 5.82 Å². The number of aliphatic hydroxyl groups excluding tert-OH is 1. The molecule has 0 spiro atoms. The van der Waals surface area contributed by atoms with E-state index >= 15 is 0 Å². The Labute approximate surface area is 114 Å². The zero-order valence-electron chi connectivity index (χ0n) is 10.2. The number of hydrogen-bond donors (Lipinski definition) is 2. The minimum absolute atomic E-state index is 0.0434. The molecule has 1 aromatic heterocycles. The van der Waals surface area contributed by atoms with E-state index in [1.165, 1.54) is 13.0 Å². The van der Waals surface area contributed by atoms with E-state index in [1.54, 1.807) is 12.1 Å². The molecular weight excluding hydrogens is 273 g/mol. The molecule has 0 radical (unpaired) electrons. The van der Waals surface area contributed by atoms with E-state index in [1.807, 2.05) is 0 Å². The monoisotopic (exact) mass is 285 g/mol. The van der Waals surface area contributed by atoms with Crippen molar-refractivity contribution in [1.29, 1.82) is 0 Å². The van der Waals surface area contributed by atoms with Gasteiger partial charge in [0.2, 0.25) is 5.89 Å². The van der Waals surface area contributed by atoms with Crippen molar-refractivity contribution in [2.75, 3.05) is 0 Å². The molecule has 1 aromatic carbocycles. The predicted octanol–water partition coefficient (Wildman–Crippen LogP) is 1.83. The number of nitrogens with two attached hydrogens (primary N) is 1. The third-order valence-corrected chi connectivity index (χ3v) is 2.96. The quantitative estimate of drug-likeness (QED) is 0.895. The van der Waals surface area contributed by atoms with Gasteiger partial charge in [-0.2, -0.15) is 4.98 Å². The molecule has 0 saturated heterocycles. The Morgan fingerprint density at radius 2 is 2.26 bits per heavy atom. The largest absolute Gasteiger partial charge is 0.391 e. The van der Waals surface area contributed by atoms with Crippen LogP contribution >= 0.6 is 11.6 Å². The first kappa shape index (κ1) is 13.9. The van der Waals surface area contributed by atoms with E-state index in [2.05, 4.69) is 10.1 Å². The van der Waals surface area contributed by atoms with Gasteiger partial charge in [0.25, 0.3) is 0 Å². The Kier molecular flexibility index (Phi) is 4.14. The number of rotatable bonds is 4. The van der Waals surface area contributed by atoms with Gasteiger partial charge in [0.15, 0.2) is 5.82 Å². The number of aromatic nitrogens is 2. The van der Waals surface area contributed by atoms with Crippen molar-refractivity contribution in [3.05, 3.63) is 46.3 Å². The van der Waals surface area contributed by atoms with Crippen molar-refractivity contribution < 1.29 is 14.0 Å². The Bertz CT molecular complexity index is 574. The fraction of sp³-hybridized carbons (Fsp3) is 0.333. The van der Waals surface area contributed by atoms with Gasteiger partial charge < -0.3 is 15.4 Å². The summed E-state index contributed by atoms with van der Waals surface area (Å²) < 4.78 is 18.6. The Morgan fingerprint density at radius 3 is 2.95 bits per heavy atom. The summed E-state index contributed by atoms with van der Waals surface area (Å²) in [5.41, 5.74) is 6.02. The molecule has 0 bridgehead atoms. The van der Waals surface area contributed by atoms with E-state index in [9.17, 15) is 9.50 Å². The van der Waals surface area contributed by atoms with Crippen molar-refractivity contribution in [1.82, 2.24) is 10.1 Å². The summed E-state index contributed by atoms with van der Waals surface area (Å²) in [5.74, 6) is -0.102. The Morgan fingerprint density at radius 1 is 1.53 bits per heavy atom. The zero-order chi connectivity index (χ0) is 14.0. The van der Waals surface area contributed by atoms with Crippen molar-refractivity contribution >= 4 is 11.6 Å². The summed E-state index contributed by atoms with van der Waals surface area (Å²) in [6.45, 7) is 1.52. The normalized spacial score (nSPS) is 14.4. The molecule has 2 unspecified atom stereocenters. The van der Waals surface area contributed by atoms with Crippen LogP contribution < -0.4 is 5.73 Å². The molecular formula is C12H13ClFN3O2. The third kappa shape index (κ3) is 3.09. The number of benzene rings is 1. The minimum Gasteiger partial charge on any atom is -0.391 e. The Balaban J connectivity index is 2.18. The van der Waals surface area contributed by atoms with Gasteiger partial charge in [-0.1, -0.05) is 28.9 Å². The van der Waals surface area contributed by atoms with Gasteiger partial charge in [-0.05, 0) is 18.6 Å². The standard InChI is InChI=1S/C12H13ClFN3O2/c1-6(18)11(15)12-16-9(17-19-12)5-7-3-2-4-8(13)10(7)14/h2-4,6,11,18H,5,15H2,1H3. The van der Waals surface area contributed by atoms with E-state index in [0.717, 1.165) is 0 Å². The van der Waals surface area contributed by atoms with E-state index in [4.69, 9.17) is 21.9 Å². The lowest BCUT2D eigenvalue weighted by Crippen LogP contribution is -2.23. The van der Waals surface area contributed by atoms with Crippen LogP contribution in [-0.2, 0) is 6.42 Å². The maximum Gasteiger partial charge on any atom is 0.246 e. The molecule has 2 rings (SSSR count). The van der Waals surface area contributed by atoms with Crippen molar-refractivity contribution in [2.24, 2.45) is 5.73 Å². The van der Waals surface area contributed by atoms with Crippen LogP contribution in [0.4, 0.5) is 4.39 Å². The van der Waals surface area contributed by atoms with Crippen molar-refractivity contribution in [2.45, 2.75) is 25.5 Å². The minimum atomic E-state index is -0.809. The second-order valence-electron chi connectivity index (χ2n) is 4.20. The van der Waals surface area contributed by atoms with Gasteiger partial charge in [-0.25, -0.2) is 4.39 Å². The highest BCUT2D eigenvalue weighted by Crippen LogP contribution is 2.20. The van der Waals surface area contributed by atoms with Gasteiger partial charge in [-0.3, -0.25) is 0 Å². The van der Waals surface area contributed by atoms with Gasteiger partial charge >= 0.3 is 0 Å². The molecule has 2 atom stereocenters. The lowest BCUT2D eigenvalue weighted by atomic mass is 10.1. The van der Waals surface area contributed by atoms with Gasteiger partial charge in [-0.15, -0.1) is 0 Å². The molecule has 0 amide bonds.